The Morgan fingerprint density at radius 2 is 2.11 bits per heavy atom. The molecule has 1 heterocycles. The fourth-order valence-electron chi connectivity index (χ4n) is 1.43. The molecular weight excluding hydrogens is 250 g/mol. The quantitative estimate of drug-likeness (QED) is 0.790. The molecule has 0 radical (unpaired) electrons. The van der Waals surface area contributed by atoms with Gasteiger partial charge in [-0.2, -0.15) is 0 Å². The molecule has 1 aromatic heterocycles. The van der Waals surface area contributed by atoms with Crippen molar-refractivity contribution in [2.75, 3.05) is 37.0 Å². The second kappa shape index (κ2) is 6.70. The SMILES string of the molecule is CCNCc1ccc(N(C)CCS(C)(=O)=O)nc1. The van der Waals surface area contributed by atoms with E-state index in [2.05, 4.69) is 17.2 Å². The highest BCUT2D eigenvalue weighted by Crippen LogP contribution is 2.09. The van der Waals surface area contributed by atoms with Gasteiger partial charge in [-0.3, -0.25) is 0 Å². The van der Waals surface area contributed by atoms with Crippen LogP contribution in [0.15, 0.2) is 18.3 Å². The Bertz CT molecular complexity index is 457. The number of hydrogen-bond donors (Lipinski definition) is 1. The molecule has 0 unspecified atom stereocenters. The number of anilines is 1. The van der Waals surface area contributed by atoms with Gasteiger partial charge in [-0.05, 0) is 18.2 Å². The monoisotopic (exact) mass is 271 g/mol. The summed E-state index contributed by atoms with van der Waals surface area (Å²) >= 11 is 0. The maximum atomic E-state index is 11.1. The Hall–Kier alpha value is -1.14. The average molecular weight is 271 g/mol. The van der Waals surface area contributed by atoms with Crippen LogP contribution < -0.4 is 10.2 Å². The van der Waals surface area contributed by atoms with Gasteiger partial charge in [0.25, 0.3) is 0 Å². The van der Waals surface area contributed by atoms with Crippen LogP contribution in [0, 0.1) is 0 Å². The summed E-state index contributed by atoms with van der Waals surface area (Å²) in [7, 11) is -1.08. The summed E-state index contributed by atoms with van der Waals surface area (Å²) < 4.78 is 22.2. The second-order valence-electron chi connectivity index (χ2n) is 4.36. The lowest BCUT2D eigenvalue weighted by Crippen LogP contribution is -2.25. The predicted molar refractivity (Wildman–Crippen MR) is 74.6 cm³/mol. The second-order valence-corrected chi connectivity index (χ2v) is 6.62. The van der Waals surface area contributed by atoms with Gasteiger partial charge in [-0.15, -0.1) is 0 Å². The van der Waals surface area contributed by atoms with Crippen LogP contribution >= 0.6 is 0 Å². The summed E-state index contributed by atoms with van der Waals surface area (Å²) in [6, 6.07) is 3.91. The van der Waals surface area contributed by atoms with Crippen LogP contribution in [0.5, 0.6) is 0 Å². The molecule has 0 aliphatic rings. The van der Waals surface area contributed by atoms with Crippen LogP contribution in [0.25, 0.3) is 0 Å². The number of sulfone groups is 1. The molecule has 0 amide bonds. The summed E-state index contributed by atoms with van der Waals surface area (Å²) in [6.45, 7) is 4.24. The van der Waals surface area contributed by atoms with E-state index >= 15 is 0 Å². The third-order valence-corrected chi connectivity index (χ3v) is 3.50. The summed E-state index contributed by atoms with van der Waals surface area (Å²) in [6.07, 6.45) is 3.06. The van der Waals surface area contributed by atoms with Crippen LogP contribution in [0.3, 0.4) is 0 Å². The van der Waals surface area contributed by atoms with E-state index < -0.39 is 9.84 Å². The molecule has 0 aliphatic carbocycles. The number of hydrogen-bond acceptors (Lipinski definition) is 5. The zero-order chi connectivity index (χ0) is 13.6. The Balaban J connectivity index is 2.56. The standard InChI is InChI=1S/C12H21N3O2S/c1-4-13-9-11-5-6-12(14-10-11)15(2)7-8-18(3,16)17/h5-6,10,13H,4,7-9H2,1-3H3. The summed E-state index contributed by atoms with van der Waals surface area (Å²) in [5, 5.41) is 3.23. The average Bonchev–Trinajstić information content (AvgIpc) is 2.33. The van der Waals surface area contributed by atoms with E-state index in [0.29, 0.717) is 6.54 Å². The van der Waals surface area contributed by atoms with Crippen molar-refractivity contribution in [3.63, 3.8) is 0 Å². The van der Waals surface area contributed by atoms with Crippen molar-refractivity contribution in [3.05, 3.63) is 23.9 Å². The molecule has 0 atom stereocenters. The minimum Gasteiger partial charge on any atom is -0.359 e. The Labute approximate surface area is 109 Å². The van der Waals surface area contributed by atoms with Crippen LogP contribution in [-0.2, 0) is 16.4 Å². The van der Waals surface area contributed by atoms with E-state index in [1.807, 2.05) is 30.3 Å². The maximum absolute atomic E-state index is 11.1. The fourth-order valence-corrected chi connectivity index (χ4v) is 2.04. The van der Waals surface area contributed by atoms with Gasteiger partial charge in [0.05, 0.1) is 5.75 Å². The first kappa shape index (κ1) is 14.9. The van der Waals surface area contributed by atoms with Crippen molar-refractivity contribution in [1.29, 1.82) is 0 Å². The van der Waals surface area contributed by atoms with E-state index in [1.165, 1.54) is 6.26 Å². The summed E-state index contributed by atoms with van der Waals surface area (Å²) in [5.41, 5.74) is 1.12. The lowest BCUT2D eigenvalue weighted by molar-refractivity contribution is 0.601. The van der Waals surface area contributed by atoms with Crippen LogP contribution in [0.4, 0.5) is 5.82 Å². The van der Waals surface area contributed by atoms with Crippen molar-refractivity contribution in [1.82, 2.24) is 10.3 Å². The molecule has 0 aliphatic heterocycles. The normalized spacial score (nSPS) is 11.5. The lowest BCUT2D eigenvalue weighted by atomic mass is 10.3. The van der Waals surface area contributed by atoms with E-state index in [0.717, 1.165) is 24.5 Å². The van der Waals surface area contributed by atoms with E-state index in [9.17, 15) is 8.42 Å². The molecule has 0 saturated carbocycles. The molecule has 102 valence electrons. The Kier molecular flexibility index (Phi) is 5.55. The van der Waals surface area contributed by atoms with Gasteiger partial charge in [0, 0.05) is 32.6 Å². The summed E-state index contributed by atoms with van der Waals surface area (Å²) in [4.78, 5) is 6.17. The van der Waals surface area contributed by atoms with E-state index in [-0.39, 0.29) is 5.75 Å². The molecule has 1 N–H and O–H groups in total. The first-order valence-corrected chi connectivity index (χ1v) is 8.03. The molecule has 5 nitrogen and oxygen atoms in total. The van der Waals surface area contributed by atoms with Gasteiger partial charge < -0.3 is 10.2 Å². The number of pyridine rings is 1. The van der Waals surface area contributed by atoms with Gasteiger partial charge >= 0.3 is 0 Å². The minimum atomic E-state index is -2.93. The van der Waals surface area contributed by atoms with E-state index in [1.54, 1.807) is 0 Å². The fraction of sp³-hybridized carbons (Fsp3) is 0.583. The predicted octanol–water partition coefficient (Wildman–Crippen LogP) is 0.672. The highest BCUT2D eigenvalue weighted by atomic mass is 32.2. The molecule has 18 heavy (non-hydrogen) atoms. The number of rotatable bonds is 7. The summed E-state index contributed by atoms with van der Waals surface area (Å²) in [5.74, 6) is 0.934. The first-order valence-electron chi connectivity index (χ1n) is 5.97. The minimum absolute atomic E-state index is 0.143. The van der Waals surface area contributed by atoms with Crippen molar-refractivity contribution in [3.8, 4) is 0 Å². The molecule has 6 heteroatoms. The zero-order valence-electron chi connectivity index (χ0n) is 11.2. The molecule has 0 spiro atoms. The van der Waals surface area contributed by atoms with Gasteiger partial charge in [0.1, 0.15) is 15.7 Å². The van der Waals surface area contributed by atoms with Crippen LogP contribution in [0.2, 0.25) is 0 Å². The molecule has 0 aromatic carbocycles. The smallest absolute Gasteiger partial charge is 0.149 e. The molecule has 1 rings (SSSR count). The molecule has 0 saturated heterocycles. The van der Waals surface area contributed by atoms with Crippen LogP contribution in [0.1, 0.15) is 12.5 Å². The Morgan fingerprint density at radius 3 is 2.61 bits per heavy atom. The topological polar surface area (TPSA) is 62.3 Å². The third kappa shape index (κ3) is 5.46. The largest absolute Gasteiger partial charge is 0.359 e. The number of aromatic nitrogens is 1. The van der Waals surface area contributed by atoms with Gasteiger partial charge in [0.15, 0.2) is 0 Å². The van der Waals surface area contributed by atoms with Crippen LogP contribution in [-0.4, -0.2) is 45.5 Å². The van der Waals surface area contributed by atoms with Crippen molar-refractivity contribution >= 4 is 15.7 Å². The number of nitrogens with one attached hydrogen (secondary N) is 1. The molecule has 0 bridgehead atoms. The highest BCUT2D eigenvalue weighted by molar-refractivity contribution is 7.90. The van der Waals surface area contributed by atoms with Crippen molar-refractivity contribution in [2.24, 2.45) is 0 Å². The van der Waals surface area contributed by atoms with E-state index in [4.69, 9.17) is 0 Å². The third-order valence-electron chi connectivity index (χ3n) is 2.58. The van der Waals surface area contributed by atoms with Gasteiger partial charge in [-0.25, -0.2) is 13.4 Å². The zero-order valence-corrected chi connectivity index (χ0v) is 12.0. The van der Waals surface area contributed by atoms with Crippen molar-refractivity contribution < 1.29 is 8.42 Å². The molecular formula is C12H21N3O2S. The number of nitrogens with zero attached hydrogens (tertiary/aromatic N) is 2. The molecule has 0 fully saturated rings. The lowest BCUT2D eigenvalue weighted by Gasteiger charge is -2.17. The van der Waals surface area contributed by atoms with Gasteiger partial charge in [0.2, 0.25) is 0 Å². The van der Waals surface area contributed by atoms with Crippen molar-refractivity contribution in [2.45, 2.75) is 13.5 Å². The first-order chi connectivity index (χ1) is 8.42. The highest BCUT2D eigenvalue weighted by Gasteiger charge is 2.07. The molecule has 1 aromatic rings. The Morgan fingerprint density at radius 1 is 1.39 bits per heavy atom. The maximum Gasteiger partial charge on any atom is 0.149 e. The van der Waals surface area contributed by atoms with Gasteiger partial charge in [-0.1, -0.05) is 13.0 Å².